The van der Waals surface area contributed by atoms with E-state index >= 15 is 0 Å². The fourth-order valence-corrected chi connectivity index (χ4v) is 10.7. The third-order valence-electron chi connectivity index (χ3n) is 11.5. The summed E-state index contributed by atoms with van der Waals surface area (Å²) < 4.78 is 29.1. The van der Waals surface area contributed by atoms with Crippen molar-refractivity contribution in [3.05, 3.63) is 217 Å². The van der Waals surface area contributed by atoms with E-state index in [0.717, 1.165) is 66.9 Å². The molecule has 0 fully saturated rings. The third-order valence-corrected chi connectivity index (χ3v) is 13.3. The molecule has 7 heteroatoms. The van der Waals surface area contributed by atoms with Gasteiger partial charge in [-0.05, 0) is 68.8 Å². The lowest BCUT2D eigenvalue weighted by Gasteiger charge is -2.42. The Labute approximate surface area is 336 Å². The summed E-state index contributed by atoms with van der Waals surface area (Å²) in [4.78, 5) is 20.3. The van der Waals surface area contributed by atoms with Crippen molar-refractivity contribution in [1.29, 1.82) is 0 Å². The topological polar surface area (TPSA) is 85.7 Å². The molecule has 0 bridgehead atoms. The minimum Gasteiger partial charge on any atom is -0.236 e. The zero-order valence-corrected chi connectivity index (χ0v) is 31.8. The van der Waals surface area contributed by atoms with Crippen LogP contribution >= 0.6 is 0 Å². The van der Waals surface area contributed by atoms with Crippen LogP contribution in [0.3, 0.4) is 0 Å². The molecule has 3 heterocycles. The van der Waals surface area contributed by atoms with E-state index in [4.69, 9.17) is 19.9 Å². The first-order valence-corrected chi connectivity index (χ1v) is 20.6. The molecule has 0 amide bonds. The van der Waals surface area contributed by atoms with Crippen molar-refractivity contribution in [2.75, 3.05) is 0 Å². The summed E-state index contributed by atoms with van der Waals surface area (Å²) in [6.07, 6.45) is 3.55. The molecule has 1 aliphatic carbocycles. The number of hydrogen-bond donors (Lipinski definition) is 0. The molecule has 0 N–H and O–H groups in total. The molecule has 0 radical (unpaired) electrons. The van der Waals surface area contributed by atoms with Gasteiger partial charge in [0, 0.05) is 29.1 Å². The lowest BCUT2D eigenvalue weighted by molar-refractivity contribution is 0.579. The van der Waals surface area contributed by atoms with Gasteiger partial charge in [0.05, 0.1) is 32.2 Å². The van der Waals surface area contributed by atoms with Crippen molar-refractivity contribution in [2.24, 2.45) is 0 Å². The maximum Gasteiger partial charge on any atom is 0.207 e. The molecule has 11 rings (SSSR count). The van der Waals surface area contributed by atoms with E-state index < -0.39 is 15.3 Å². The van der Waals surface area contributed by atoms with Crippen molar-refractivity contribution in [2.45, 2.75) is 15.2 Å². The van der Waals surface area contributed by atoms with Crippen LogP contribution in [0.4, 0.5) is 0 Å². The van der Waals surface area contributed by atoms with Crippen molar-refractivity contribution < 1.29 is 8.42 Å². The maximum atomic E-state index is 14.6. The van der Waals surface area contributed by atoms with Crippen molar-refractivity contribution in [3.63, 3.8) is 0 Å². The van der Waals surface area contributed by atoms with Crippen LogP contribution < -0.4 is 0 Å². The highest BCUT2D eigenvalue weighted by molar-refractivity contribution is 7.91. The molecule has 58 heavy (non-hydrogen) atoms. The molecule has 0 atom stereocenters. The Morgan fingerprint density at radius 2 is 0.845 bits per heavy atom. The van der Waals surface area contributed by atoms with Crippen LogP contribution in [0.2, 0.25) is 0 Å². The molecule has 1 aliphatic heterocycles. The largest absolute Gasteiger partial charge is 0.236 e. The fraction of sp³-hybridized carbons (Fsp3) is 0.0196. The summed E-state index contributed by atoms with van der Waals surface area (Å²) in [5.41, 5.74) is 11.5. The predicted octanol–water partition coefficient (Wildman–Crippen LogP) is 11.1. The third kappa shape index (κ3) is 5.07. The monoisotopic (exact) mass is 764 g/mol. The number of nitrogens with zero attached hydrogens (tertiary/aromatic N) is 4. The second-order valence-electron chi connectivity index (χ2n) is 14.6. The molecule has 274 valence electrons. The molecule has 6 nitrogen and oxygen atoms in total. The zero-order valence-electron chi connectivity index (χ0n) is 31.0. The quantitative estimate of drug-likeness (QED) is 0.177. The summed E-state index contributed by atoms with van der Waals surface area (Å²) in [5, 5.41) is 0. The molecule has 1 spiro atoms. The van der Waals surface area contributed by atoms with Crippen LogP contribution in [0.15, 0.2) is 204 Å². The van der Waals surface area contributed by atoms with Gasteiger partial charge in [-0.2, -0.15) is 0 Å². The van der Waals surface area contributed by atoms with E-state index in [2.05, 4.69) is 66.7 Å². The lowest BCUT2D eigenvalue weighted by Crippen LogP contribution is -2.38. The van der Waals surface area contributed by atoms with Gasteiger partial charge in [-0.25, -0.2) is 28.4 Å². The van der Waals surface area contributed by atoms with Gasteiger partial charge >= 0.3 is 0 Å². The predicted molar refractivity (Wildman–Crippen MR) is 228 cm³/mol. The van der Waals surface area contributed by atoms with Gasteiger partial charge in [0.1, 0.15) is 0 Å². The summed E-state index contributed by atoms with van der Waals surface area (Å²) in [5.74, 6) is 1.12. The number of sulfone groups is 1. The molecule has 2 aliphatic rings. The fourth-order valence-electron chi connectivity index (χ4n) is 8.92. The van der Waals surface area contributed by atoms with Gasteiger partial charge in [0.2, 0.25) is 9.84 Å². The molecule has 9 aromatic rings. The summed E-state index contributed by atoms with van der Waals surface area (Å²) in [6, 6.07) is 60.4. The van der Waals surface area contributed by atoms with Crippen LogP contribution in [-0.2, 0) is 15.3 Å². The van der Waals surface area contributed by atoms with Crippen LogP contribution in [0, 0.1) is 0 Å². The molecule has 7 aromatic carbocycles. The summed E-state index contributed by atoms with van der Waals surface area (Å²) in [7, 11) is -3.85. The molecule has 0 saturated heterocycles. The Morgan fingerprint density at radius 3 is 1.47 bits per heavy atom. The first-order chi connectivity index (χ1) is 28.5. The first kappa shape index (κ1) is 33.9. The average molecular weight is 765 g/mol. The molecule has 0 unspecified atom stereocenters. The standard InChI is InChI=1S/C51H32N4O2S/c56-58(57)47-25-13-11-23-42(47)51(43-24-12-14-26-48(43)58)41-22-10-9-21-39(41)37-19-7-8-20-38(37)40-28-27-35(29-44(40)51)46-30-45(33-15-3-1-4-16-33)54-50(55-46)36-31-52-49(53-32-36)34-17-5-2-6-18-34/h1-32H. The van der Waals surface area contributed by atoms with Gasteiger partial charge in [0.15, 0.2) is 11.6 Å². The summed E-state index contributed by atoms with van der Waals surface area (Å²) in [6.45, 7) is 0. The van der Waals surface area contributed by atoms with Gasteiger partial charge < -0.3 is 0 Å². The van der Waals surface area contributed by atoms with Gasteiger partial charge in [-0.1, -0.05) is 158 Å². The minimum absolute atomic E-state index is 0.306. The van der Waals surface area contributed by atoms with E-state index in [1.54, 1.807) is 24.5 Å². The van der Waals surface area contributed by atoms with Crippen LogP contribution in [0.1, 0.15) is 22.3 Å². The van der Waals surface area contributed by atoms with Crippen LogP contribution in [0.25, 0.3) is 67.5 Å². The van der Waals surface area contributed by atoms with Gasteiger partial charge in [-0.3, -0.25) is 0 Å². The highest BCUT2D eigenvalue weighted by Gasteiger charge is 2.51. The second kappa shape index (κ2) is 13.1. The maximum absolute atomic E-state index is 14.6. The average Bonchev–Trinajstić information content (AvgIpc) is 3.40. The van der Waals surface area contributed by atoms with Crippen LogP contribution in [0.5, 0.6) is 0 Å². The molecule has 0 saturated carbocycles. The number of hydrogen-bond acceptors (Lipinski definition) is 6. The normalized spacial score (nSPS) is 13.9. The second-order valence-corrected chi connectivity index (χ2v) is 16.5. The highest BCUT2D eigenvalue weighted by Crippen LogP contribution is 2.59. The van der Waals surface area contributed by atoms with Gasteiger partial charge in [0.25, 0.3) is 0 Å². The minimum atomic E-state index is -3.85. The Morgan fingerprint density at radius 1 is 0.362 bits per heavy atom. The molecule has 2 aromatic heterocycles. The Bertz CT molecular complexity index is 3130. The Kier molecular flexibility index (Phi) is 7.68. The van der Waals surface area contributed by atoms with Crippen molar-refractivity contribution in [1.82, 2.24) is 19.9 Å². The smallest absolute Gasteiger partial charge is 0.207 e. The van der Waals surface area contributed by atoms with Crippen molar-refractivity contribution >= 4 is 9.84 Å². The van der Waals surface area contributed by atoms with E-state index in [0.29, 0.717) is 32.7 Å². The number of fused-ring (bicyclic) bond motifs is 11. The molecular formula is C51H32N4O2S. The number of rotatable bonds is 4. The van der Waals surface area contributed by atoms with E-state index in [1.807, 2.05) is 103 Å². The Hall–Kier alpha value is -7.35. The first-order valence-electron chi connectivity index (χ1n) is 19.1. The Balaban J connectivity index is 1.21. The highest BCUT2D eigenvalue weighted by atomic mass is 32.2. The van der Waals surface area contributed by atoms with Gasteiger partial charge in [-0.15, -0.1) is 0 Å². The zero-order chi connectivity index (χ0) is 38.8. The van der Waals surface area contributed by atoms with E-state index in [9.17, 15) is 8.42 Å². The number of aromatic nitrogens is 4. The SMILES string of the molecule is O=S1(=O)c2ccccc2C2(c3ccccc3-c3ccccc3-c3ccc(-c4cc(-c5ccccc5)nc(-c5cnc(-c6ccccc6)nc5)n4)cc32)c2ccccc21. The molecular weight excluding hydrogens is 733 g/mol. The van der Waals surface area contributed by atoms with Crippen LogP contribution in [-0.4, -0.2) is 28.4 Å². The van der Waals surface area contributed by atoms with E-state index in [1.165, 1.54) is 0 Å². The van der Waals surface area contributed by atoms with E-state index in [-0.39, 0.29) is 0 Å². The summed E-state index contributed by atoms with van der Waals surface area (Å²) >= 11 is 0. The lowest BCUT2D eigenvalue weighted by atomic mass is 9.63. The number of benzene rings is 7. The van der Waals surface area contributed by atoms with Crippen molar-refractivity contribution in [3.8, 4) is 67.5 Å².